The number of imidazole rings is 1. The smallest absolute Gasteiger partial charge is 0.219 e. The highest BCUT2D eigenvalue weighted by Crippen LogP contribution is 2.24. The summed E-state index contributed by atoms with van der Waals surface area (Å²) < 4.78 is 1.97. The quantitative estimate of drug-likeness (QED) is 0.410. The number of hydrogen-bond donors (Lipinski definition) is 2. The molecule has 0 atom stereocenters. The van der Waals surface area contributed by atoms with E-state index in [0.29, 0.717) is 29.3 Å². The van der Waals surface area contributed by atoms with E-state index in [9.17, 15) is 0 Å². The third-order valence-corrected chi connectivity index (χ3v) is 5.21. The van der Waals surface area contributed by atoms with Crippen LogP contribution in [0.15, 0.2) is 55.4 Å². The van der Waals surface area contributed by atoms with E-state index in [2.05, 4.69) is 35.2 Å². The van der Waals surface area contributed by atoms with E-state index in [1.807, 2.05) is 48.9 Å². The van der Waals surface area contributed by atoms with Crippen molar-refractivity contribution in [3.8, 4) is 22.6 Å². The van der Waals surface area contributed by atoms with Crippen LogP contribution >= 0.6 is 0 Å². The van der Waals surface area contributed by atoms with Crippen LogP contribution < -0.4 is 11.1 Å². The van der Waals surface area contributed by atoms with Gasteiger partial charge >= 0.3 is 0 Å². The summed E-state index contributed by atoms with van der Waals surface area (Å²) in [6.07, 6.45) is 8.64. The Bertz CT molecular complexity index is 1410. The fraction of sp³-hybridized carbons (Fsp3) is 0.174. The van der Waals surface area contributed by atoms with Gasteiger partial charge in [0.25, 0.3) is 0 Å². The molecule has 10 heteroatoms. The van der Waals surface area contributed by atoms with Crippen molar-refractivity contribution in [2.24, 2.45) is 0 Å². The maximum Gasteiger partial charge on any atom is 0.219 e. The monoisotopic (exact) mass is 438 g/mol. The van der Waals surface area contributed by atoms with Crippen molar-refractivity contribution in [2.45, 2.75) is 26.9 Å². The standard InChI is InChI=1S/C23H22N10/c1-3-33-13-30-19-21(31-20(32-22(19)33)17-11-28-23(24)29-12-17)27-10-15-4-5-18(26-9-15)16-6-7-25-14(2)8-16/h4-9,11-13H,3,10H2,1-2H3,(H2,24,28,29)(H,27,31,32). The van der Waals surface area contributed by atoms with Crippen LogP contribution in [0.2, 0.25) is 0 Å². The van der Waals surface area contributed by atoms with Gasteiger partial charge in [0.05, 0.1) is 17.6 Å². The van der Waals surface area contributed by atoms with Crippen LogP contribution in [0.4, 0.5) is 11.8 Å². The molecule has 5 heterocycles. The number of nitrogens with zero attached hydrogens (tertiary/aromatic N) is 8. The number of rotatable bonds is 6. The molecule has 0 aromatic carbocycles. The van der Waals surface area contributed by atoms with E-state index in [1.54, 1.807) is 24.9 Å². The summed E-state index contributed by atoms with van der Waals surface area (Å²) in [6, 6.07) is 8.02. The van der Waals surface area contributed by atoms with Gasteiger partial charge in [-0.2, -0.15) is 0 Å². The van der Waals surface area contributed by atoms with Crippen molar-refractivity contribution in [1.82, 2.24) is 39.5 Å². The highest BCUT2D eigenvalue weighted by Gasteiger charge is 2.15. The van der Waals surface area contributed by atoms with Crippen LogP contribution in [0.1, 0.15) is 18.2 Å². The zero-order valence-electron chi connectivity index (χ0n) is 18.3. The minimum absolute atomic E-state index is 0.203. The van der Waals surface area contributed by atoms with E-state index < -0.39 is 0 Å². The fourth-order valence-corrected chi connectivity index (χ4v) is 3.47. The summed E-state index contributed by atoms with van der Waals surface area (Å²) in [5.74, 6) is 1.34. The normalized spacial score (nSPS) is 11.1. The van der Waals surface area contributed by atoms with Crippen molar-refractivity contribution in [3.63, 3.8) is 0 Å². The molecule has 5 aromatic heterocycles. The molecule has 0 unspecified atom stereocenters. The molecule has 5 aromatic rings. The molecule has 0 aliphatic heterocycles. The molecule has 164 valence electrons. The summed E-state index contributed by atoms with van der Waals surface area (Å²) >= 11 is 0. The van der Waals surface area contributed by atoms with Gasteiger partial charge in [0.1, 0.15) is 5.52 Å². The van der Waals surface area contributed by atoms with Gasteiger partial charge in [-0.3, -0.25) is 9.97 Å². The Hall–Kier alpha value is -4.47. The number of aryl methyl sites for hydroxylation is 2. The molecular formula is C23H22N10. The summed E-state index contributed by atoms with van der Waals surface area (Å²) in [5, 5.41) is 3.39. The van der Waals surface area contributed by atoms with Crippen LogP contribution in [-0.2, 0) is 13.1 Å². The number of nitrogens with one attached hydrogen (secondary N) is 1. The molecule has 0 bridgehead atoms. The lowest BCUT2D eigenvalue weighted by Gasteiger charge is -2.10. The number of hydrogen-bond acceptors (Lipinski definition) is 9. The summed E-state index contributed by atoms with van der Waals surface area (Å²) in [4.78, 5) is 30.9. The van der Waals surface area contributed by atoms with Crippen LogP contribution in [0.5, 0.6) is 0 Å². The number of fused-ring (bicyclic) bond motifs is 1. The Balaban J connectivity index is 1.43. The Morgan fingerprint density at radius 1 is 0.939 bits per heavy atom. The molecule has 5 rings (SSSR count). The Labute approximate surface area is 190 Å². The van der Waals surface area contributed by atoms with Crippen molar-refractivity contribution in [1.29, 1.82) is 0 Å². The molecule has 0 spiro atoms. The maximum atomic E-state index is 5.62. The van der Waals surface area contributed by atoms with Gasteiger partial charge in [0.2, 0.25) is 5.95 Å². The second kappa shape index (κ2) is 8.58. The minimum atomic E-state index is 0.203. The maximum absolute atomic E-state index is 5.62. The van der Waals surface area contributed by atoms with Crippen molar-refractivity contribution in [2.75, 3.05) is 11.1 Å². The molecule has 0 aliphatic carbocycles. The Kier molecular flexibility index (Phi) is 5.31. The number of nitrogens with two attached hydrogens (primary N) is 1. The lowest BCUT2D eigenvalue weighted by atomic mass is 10.1. The third kappa shape index (κ3) is 4.18. The minimum Gasteiger partial charge on any atom is -0.368 e. The van der Waals surface area contributed by atoms with Crippen molar-refractivity contribution < 1.29 is 0 Å². The largest absolute Gasteiger partial charge is 0.368 e. The van der Waals surface area contributed by atoms with E-state index in [0.717, 1.165) is 34.7 Å². The lowest BCUT2D eigenvalue weighted by molar-refractivity contribution is 0.777. The predicted octanol–water partition coefficient (Wildman–Crippen LogP) is 3.26. The first kappa shape index (κ1) is 20.4. The first-order valence-corrected chi connectivity index (χ1v) is 10.5. The van der Waals surface area contributed by atoms with Gasteiger partial charge in [0.15, 0.2) is 17.3 Å². The van der Waals surface area contributed by atoms with Gasteiger partial charge in [-0.25, -0.2) is 24.9 Å². The first-order chi connectivity index (χ1) is 16.1. The van der Waals surface area contributed by atoms with Crippen LogP contribution in [0.25, 0.3) is 33.8 Å². The van der Waals surface area contributed by atoms with E-state index in [4.69, 9.17) is 10.7 Å². The zero-order chi connectivity index (χ0) is 22.8. The predicted molar refractivity (Wildman–Crippen MR) is 126 cm³/mol. The zero-order valence-corrected chi connectivity index (χ0v) is 18.3. The van der Waals surface area contributed by atoms with Gasteiger partial charge < -0.3 is 15.6 Å². The van der Waals surface area contributed by atoms with E-state index >= 15 is 0 Å². The third-order valence-electron chi connectivity index (χ3n) is 5.21. The molecule has 0 amide bonds. The van der Waals surface area contributed by atoms with Crippen LogP contribution in [0.3, 0.4) is 0 Å². The molecule has 0 saturated heterocycles. The molecule has 10 nitrogen and oxygen atoms in total. The SMILES string of the molecule is CCn1cnc2c(NCc3ccc(-c4ccnc(C)c4)nc3)nc(-c3cnc(N)nc3)nc21. The van der Waals surface area contributed by atoms with E-state index in [-0.39, 0.29) is 5.95 Å². The number of aromatic nitrogens is 8. The van der Waals surface area contributed by atoms with Crippen LogP contribution in [-0.4, -0.2) is 39.5 Å². The molecule has 3 N–H and O–H groups in total. The molecule has 0 aliphatic rings. The van der Waals surface area contributed by atoms with Crippen molar-refractivity contribution >= 4 is 22.9 Å². The molecule has 33 heavy (non-hydrogen) atoms. The average Bonchev–Trinajstić information content (AvgIpc) is 3.26. The van der Waals surface area contributed by atoms with Gasteiger partial charge in [-0.05, 0) is 37.6 Å². The first-order valence-electron chi connectivity index (χ1n) is 10.5. The number of nitrogen functional groups attached to an aromatic ring is 1. The Morgan fingerprint density at radius 2 is 1.79 bits per heavy atom. The van der Waals surface area contributed by atoms with Gasteiger partial charge in [0, 0.05) is 49.1 Å². The average molecular weight is 438 g/mol. The highest BCUT2D eigenvalue weighted by atomic mass is 15.2. The molecule has 0 fully saturated rings. The Morgan fingerprint density at radius 3 is 2.52 bits per heavy atom. The highest BCUT2D eigenvalue weighted by molar-refractivity contribution is 5.85. The molecule has 0 saturated carbocycles. The molecular weight excluding hydrogens is 416 g/mol. The second-order valence-electron chi connectivity index (χ2n) is 7.52. The topological polar surface area (TPSA) is 133 Å². The van der Waals surface area contributed by atoms with E-state index in [1.165, 1.54) is 0 Å². The summed E-state index contributed by atoms with van der Waals surface area (Å²) in [5.41, 5.74) is 11.7. The molecule has 0 radical (unpaired) electrons. The van der Waals surface area contributed by atoms with Crippen LogP contribution in [0, 0.1) is 6.92 Å². The lowest BCUT2D eigenvalue weighted by Crippen LogP contribution is -2.06. The number of pyridine rings is 2. The summed E-state index contributed by atoms with van der Waals surface area (Å²) in [7, 11) is 0. The summed E-state index contributed by atoms with van der Waals surface area (Å²) in [6.45, 7) is 5.28. The van der Waals surface area contributed by atoms with Gasteiger partial charge in [-0.15, -0.1) is 0 Å². The van der Waals surface area contributed by atoms with Crippen molar-refractivity contribution in [3.05, 3.63) is 66.6 Å². The fourth-order valence-electron chi connectivity index (χ4n) is 3.47. The van der Waals surface area contributed by atoms with Gasteiger partial charge in [-0.1, -0.05) is 6.07 Å². The second-order valence-corrected chi connectivity index (χ2v) is 7.52. The number of anilines is 2.